The molecule has 5 heteroatoms. The van der Waals surface area contributed by atoms with Gasteiger partial charge in [-0.05, 0) is 25.6 Å². The van der Waals surface area contributed by atoms with Crippen molar-refractivity contribution in [3.8, 4) is 0 Å². The van der Waals surface area contributed by atoms with E-state index >= 15 is 0 Å². The van der Waals surface area contributed by atoms with Gasteiger partial charge in [-0.15, -0.1) is 0 Å². The van der Waals surface area contributed by atoms with E-state index in [4.69, 9.17) is 0 Å². The average molecular weight is 618 g/mol. The van der Waals surface area contributed by atoms with Crippen LogP contribution in [0.2, 0.25) is 0 Å². The van der Waals surface area contributed by atoms with Crippen molar-refractivity contribution < 1.29 is 61.8 Å². The van der Waals surface area contributed by atoms with Gasteiger partial charge in [-0.1, -0.05) is 26.2 Å². The molecule has 0 radical (unpaired) electrons. The minimum atomic E-state index is -0.602. The maximum absolute atomic E-state index is 11.5. The Morgan fingerprint density at radius 1 is 1.44 bits per heavy atom. The predicted molar refractivity (Wildman–Crippen MR) is 54.8 cm³/mol. The van der Waals surface area contributed by atoms with Crippen molar-refractivity contribution in [2.45, 2.75) is 39.3 Å². The van der Waals surface area contributed by atoms with Crippen molar-refractivity contribution in [2.24, 2.45) is 5.41 Å². The van der Waals surface area contributed by atoms with Crippen LogP contribution >= 0.6 is 0 Å². The molecule has 3 unspecified atom stereocenters. The van der Waals surface area contributed by atoms with E-state index in [2.05, 4.69) is 0 Å². The Morgan fingerprint density at radius 3 is 2.06 bits per heavy atom. The standard InChI is InChI=1S/C11H18NO2.U.W/c1-8-10(3,7-13)6-11(4,9(2)14)12(8)5;;/h6-8H,1-5H3;;/q-1;;. The van der Waals surface area contributed by atoms with Crippen LogP contribution in [0.3, 0.4) is 0 Å². The molecule has 0 N–H and O–H groups in total. The number of likely N-dealkylation sites (tertiary alicyclic amines) is 1. The third-order valence-electron chi connectivity index (χ3n) is 3.77. The quantitative estimate of drug-likeness (QED) is 0.344. The fourth-order valence-electron chi connectivity index (χ4n) is 2.13. The minimum Gasteiger partial charge on any atom is -0.322 e. The SMILES string of the molecule is CC(=O)C1(C)[CH-]C(C)(C=O)C(C)N1C.[U].[W]. The Bertz CT molecular complexity index is 287. The summed E-state index contributed by atoms with van der Waals surface area (Å²) in [7, 11) is 1.89. The molecule has 1 rings (SSSR count). The Hall–Kier alpha value is 1.04. The van der Waals surface area contributed by atoms with Crippen LogP contribution in [0.25, 0.3) is 0 Å². The Labute approximate surface area is 136 Å². The molecular weight excluding hydrogens is 600 g/mol. The van der Waals surface area contributed by atoms with Crippen LogP contribution in [0.15, 0.2) is 0 Å². The molecule has 0 saturated carbocycles. The van der Waals surface area contributed by atoms with E-state index in [0.717, 1.165) is 6.29 Å². The van der Waals surface area contributed by atoms with Crippen LogP contribution in [0.5, 0.6) is 0 Å². The van der Waals surface area contributed by atoms with Gasteiger partial charge < -0.3 is 14.5 Å². The molecule has 0 amide bonds. The van der Waals surface area contributed by atoms with Gasteiger partial charge in [0.1, 0.15) is 5.78 Å². The summed E-state index contributed by atoms with van der Waals surface area (Å²) in [5.74, 6) is 0.0809. The topological polar surface area (TPSA) is 37.4 Å². The van der Waals surface area contributed by atoms with E-state index in [-0.39, 0.29) is 64.0 Å². The summed E-state index contributed by atoms with van der Waals surface area (Å²) in [4.78, 5) is 24.5. The summed E-state index contributed by atoms with van der Waals surface area (Å²) < 4.78 is 0. The number of aldehydes is 1. The first kappa shape index (κ1) is 19.4. The number of rotatable bonds is 2. The van der Waals surface area contributed by atoms with E-state index < -0.39 is 11.0 Å². The molecule has 0 aliphatic carbocycles. The number of carbonyl (C=O) groups is 2. The molecule has 3 atom stereocenters. The van der Waals surface area contributed by atoms with Gasteiger partial charge in [0.2, 0.25) is 0 Å². The van der Waals surface area contributed by atoms with Gasteiger partial charge in [-0.25, -0.2) is 0 Å². The van der Waals surface area contributed by atoms with Crippen LogP contribution in [0, 0.1) is 42.9 Å². The van der Waals surface area contributed by atoms with E-state index in [1.807, 2.05) is 39.1 Å². The van der Waals surface area contributed by atoms with Gasteiger partial charge in [0, 0.05) is 52.2 Å². The summed E-state index contributed by atoms with van der Waals surface area (Å²) in [6.45, 7) is 7.27. The molecule has 3 nitrogen and oxygen atoms in total. The molecule has 1 aliphatic rings. The summed E-state index contributed by atoms with van der Waals surface area (Å²) in [6.07, 6.45) is 2.79. The van der Waals surface area contributed by atoms with Gasteiger partial charge in [0.15, 0.2) is 0 Å². The fraction of sp³-hybridized carbons (Fsp3) is 0.727. The molecule has 1 saturated heterocycles. The monoisotopic (exact) mass is 618 g/mol. The summed E-state index contributed by atoms with van der Waals surface area (Å²) in [5, 5.41) is 0. The molecular formula is C11H18NO2UW-. The maximum atomic E-state index is 11.5. The van der Waals surface area contributed by atoms with Crippen LogP contribution in [0.1, 0.15) is 27.7 Å². The zero-order valence-electron chi connectivity index (χ0n) is 10.4. The molecule has 90 valence electrons. The number of likely N-dealkylation sites (N-methyl/N-ethyl adjacent to an activating group) is 1. The van der Waals surface area contributed by atoms with Crippen molar-refractivity contribution in [1.29, 1.82) is 0 Å². The van der Waals surface area contributed by atoms with E-state index in [1.54, 1.807) is 6.92 Å². The molecule has 0 aromatic rings. The zero-order valence-corrected chi connectivity index (χ0v) is 17.5. The Balaban J connectivity index is 0. The van der Waals surface area contributed by atoms with Crippen LogP contribution in [0.4, 0.5) is 0 Å². The number of carbonyl (C=O) groups excluding carboxylic acids is 2. The van der Waals surface area contributed by atoms with Crippen LogP contribution in [-0.2, 0) is 30.7 Å². The molecule has 16 heavy (non-hydrogen) atoms. The normalized spacial score (nSPS) is 38.4. The van der Waals surface area contributed by atoms with Gasteiger partial charge in [-0.3, -0.25) is 6.42 Å². The van der Waals surface area contributed by atoms with E-state index in [0.29, 0.717) is 0 Å². The van der Waals surface area contributed by atoms with Crippen molar-refractivity contribution >= 4 is 12.1 Å². The van der Waals surface area contributed by atoms with Gasteiger partial charge in [-0.2, -0.15) is 0 Å². The average Bonchev–Trinajstić information content (AvgIpc) is 2.30. The minimum absolute atomic E-state index is 0. The second-order valence-corrected chi connectivity index (χ2v) is 4.62. The van der Waals surface area contributed by atoms with Crippen molar-refractivity contribution in [1.82, 2.24) is 4.90 Å². The number of Topliss-reactive ketones (excluding diaryl/α,β-unsaturated/α-hetero) is 1. The van der Waals surface area contributed by atoms with Gasteiger partial charge >= 0.3 is 0 Å². The first-order chi connectivity index (χ1) is 6.28. The first-order valence-electron chi connectivity index (χ1n) is 4.85. The number of hydrogen-bond acceptors (Lipinski definition) is 3. The van der Waals surface area contributed by atoms with E-state index in [9.17, 15) is 9.59 Å². The third kappa shape index (κ3) is 2.89. The molecule has 0 bridgehead atoms. The molecule has 1 aliphatic heterocycles. The van der Waals surface area contributed by atoms with E-state index in [1.165, 1.54) is 0 Å². The zero-order chi connectivity index (χ0) is 11.1. The number of nitrogens with zero attached hydrogens (tertiary/aromatic N) is 1. The molecule has 0 aromatic heterocycles. The van der Waals surface area contributed by atoms with Crippen molar-refractivity contribution in [3.63, 3.8) is 0 Å². The summed E-state index contributed by atoms with van der Waals surface area (Å²) >= 11 is 0. The predicted octanol–water partition coefficient (Wildman–Crippen LogP) is 1.07. The second-order valence-electron chi connectivity index (χ2n) is 4.62. The van der Waals surface area contributed by atoms with Crippen molar-refractivity contribution in [3.05, 3.63) is 6.42 Å². The number of ketones is 1. The smallest absolute Gasteiger partial charge is 0.119 e. The second kappa shape index (κ2) is 6.28. The van der Waals surface area contributed by atoms with Gasteiger partial charge in [0.05, 0.1) is 6.29 Å². The number of hydrogen-bond donors (Lipinski definition) is 0. The molecule has 1 heterocycles. The molecule has 0 aromatic carbocycles. The summed E-state index contributed by atoms with van der Waals surface area (Å²) in [5.41, 5.74) is -1.12. The maximum Gasteiger partial charge on any atom is 0.119 e. The largest absolute Gasteiger partial charge is 0.322 e. The van der Waals surface area contributed by atoms with Crippen molar-refractivity contribution in [2.75, 3.05) is 7.05 Å². The van der Waals surface area contributed by atoms with Crippen LogP contribution in [-0.4, -0.2) is 35.6 Å². The Kier molecular flexibility index (Phi) is 7.61. The van der Waals surface area contributed by atoms with Crippen LogP contribution < -0.4 is 0 Å². The summed E-state index contributed by atoms with van der Waals surface area (Å²) in [6, 6.07) is 0.0638. The first-order valence-corrected chi connectivity index (χ1v) is 4.85. The third-order valence-corrected chi connectivity index (χ3v) is 3.77. The fourth-order valence-corrected chi connectivity index (χ4v) is 2.13. The Morgan fingerprint density at radius 2 is 1.88 bits per heavy atom. The van der Waals surface area contributed by atoms with Gasteiger partial charge in [0.25, 0.3) is 0 Å². The molecule has 1 fully saturated rings. The molecule has 0 spiro atoms.